The molecule has 3 heteroatoms. The molecule has 0 unspecified atom stereocenters. The normalized spacial score (nSPS) is 11.9. The topological polar surface area (TPSA) is 14.8 Å². The number of rotatable bonds is 5. The number of fused-ring (bicyclic) bond motifs is 10. The van der Waals surface area contributed by atoms with Crippen molar-refractivity contribution in [2.75, 3.05) is 0 Å². The van der Waals surface area contributed by atoms with Crippen molar-refractivity contribution in [2.24, 2.45) is 0 Å². The van der Waals surface area contributed by atoms with Crippen LogP contribution in [0.5, 0.6) is 0 Å². The van der Waals surface area contributed by atoms with Gasteiger partial charge in [0.05, 0.1) is 38.8 Å². The highest BCUT2D eigenvalue weighted by molar-refractivity contribution is 6.29. The first-order valence-corrected chi connectivity index (χ1v) is 19.6. The molecule has 0 N–H and O–H groups in total. The van der Waals surface area contributed by atoms with Crippen molar-refractivity contribution in [3.63, 3.8) is 0 Å². The second-order valence-corrected chi connectivity index (χ2v) is 14.9. The average Bonchev–Trinajstić information content (AvgIpc) is 3.92. The van der Waals surface area contributed by atoms with Crippen LogP contribution in [0.2, 0.25) is 0 Å². The first-order chi connectivity index (χ1) is 28.3. The molecule has 12 rings (SSSR count). The predicted octanol–water partition coefficient (Wildman–Crippen LogP) is 14.3. The molecule has 266 valence electrons. The fourth-order valence-electron chi connectivity index (χ4n) is 9.49. The number of nitrogens with zero attached hydrogens (tertiary/aromatic N) is 3. The zero-order valence-electron chi connectivity index (χ0n) is 31.0. The lowest BCUT2D eigenvalue weighted by atomic mass is 9.97. The molecule has 9 aromatic carbocycles. The van der Waals surface area contributed by atoms with Crippen molar-refractivity contribution < 1.29 is 0 Å². The third-order valence-electron chi connectivity index (χ3n) is 11.8. The monoisotopic (exact) mass is 725 g/mol. The van der Waals surface area contributed by atoms with Crippen LogP contribution in [0.25, 0.3) is 105 Å². The second kappa shape index (κ2) is 12.5. The summed E-state index contributed by atoms with van der Waals surface area (Å²) < 4.78 is 7.35. The summed E-state index contributed by atoms with van der Waals surface area (Å²) in [6.45, 7) is 0. The van der Waals surface area contributed by atoms with Gasteiger partial charge in [0.2, 0.25) is 0 Å². The van der Waals surface area contributed by atoms with Crippen molar-refractivity contribution >= 4 is 65.4 Å². The number of benzene rings is 9. The molecular weight excluding hydrogens is 691 g/mol. The summed E-state index contributed by atoms with van der Waals surface area (Å²) >= 11 is 0. The molecule has 57 heavy (non-hydrogen) atoms. The van der Waals surface area contributed by atoms with Gasteiger partial charge >= 0.3 is 0 Å². The van der Waals surface area contributed by atoms with Crippen LogP contribution in [-0.4, -0.2) is 13.7 Å². The quantitative estimate of drug-likeness (QED) is 0.168. The highest BCUT2D eigenvalue weighted by atomic mass is 15.0. The fraction of sp³-hybridized carbons (Fsp3) is 0. The fourth-order valence-corrected chi connectivity index (χ4v) is 9.49. The van der Waals surface area contributed by atoms with Gasteiger partial charge in [0, 0.05) is 49.3 Å². The molecule has 3 aromatic heterocycles. The molecule has 0 spiro atoms. The van der Waals surface area contributed by atoms with Crippen LogP contribution >= 0.6 is 0 Å². The molecule has 0 bridgehead atoms. The number of para-hydroxylation sites is 5. The van der Waals surface area contributed by atoms with Gasteiger partial charge in [0.15, 0.2) is 0 Å². The van der Waals surface area contributed by atoms with Gasteiger partial charge in [-0.25, -0.2) is 0 Å². The Morgan fingerprint density at radius 3 is 1.39 bits per heavy atom. The maximum absolute atomic E-state index is 2.52. The highest BCUT2D eigenvalue weighted by Crippen LogP contribution is 2.46. The smallest absolute Gasteiger partial charge is 0.0549 e. The molecule has 0 atom stereocenters. The molecule has 0 aliphatic rings. The summed E-state index contributed by atoms with van der Waals surface area (Å²) in [5.41, 5.74) is 15.4. The zero-order chi connectivity index (χ0) is 37.5. The maximum Gasteiger partial charge on any atom is 0.0549 e. The Kier molecular flexibility index (Phi) is 6.93. The second-order valence-electron chi connectivity index (χ2n) is 14.9. The SMILES string of the molecule is c1ccc(-c2ccc3c4c5c6ccccc6n(-c6ccccc6)c5ccc4n(-c4ccccc4-c4cccc5c4c4ccccc4n5-c4ccccc4)c3c2)cc1. The predicted molar refractivity (Wildman–Crippen MR) is 240 cm³/mol. The van der Waals surface area contributed by atoms with E-state index in [4.69, 9.17) is 0 Å². The van der Waals surface area contributed by atoms with Gasteiger partial charge in [-0.2, -0.15) is 0 Å². The van der Waals surface area contributed by atoms with E-state index in [1.807, 2.05) is 0 Å². The lowest BCUT2D eigenvalue weighted by Gasteiger charge is -2.16. The molecule has 0 radical (unpaired) electrons. The minimum Gasteiger partial charge on any atom is -0.309 e. The Morgan fingerprint density at radius 2 is 0.719 bits per heavy atom. The van der Waals surface area contributed by atoms with Crippen LogP contribution in [-0.2, 0) is 0 Å². The molecule has 3 nitrogen and oxygen atoms in total. The van der Waals surface area contributed by atoms with Crippen LogP contribution in [0, 0.1) is 0 Å². The van der Waals surface area contributed by atoms with Gasteiger partial charge in [-0.3, -0.25) is 0 Å². The largest absolute Gasteiger partial charge is 0.309 e. The van der Waals surface area contributed by atoms with Gasteiger partial charge in [0.25, 0.3) is 0 Å². The Balaban J connectivity index is 1.21. The van der Waals surface area contributed by atoms with E-state index in [0.717, 1.165) is 17.1 Å². The summed E-state index contributed by atoms with van der Waals surface area (Å²) in [6, 6.07) is 77.4. The molecular formula is C54H35N3. The number of hydrogen-bond donors (Lipinski definition) is 0. The molecule has 12 aromatic rings. The van der Waals surface area contributed by atoms with E-state index in [1.165, 1.54) is 87.7 Å². The van der Waals surface area contributed by atoms with Crippen molar-refractivity contribution in [1.82, 2.24) is 13.7 Å². The first kappa shape index (κ1) is 31.7. The minimum absolute atomic E-state index is 1.15. The van der Waals surface area contributed by atoms with Crippen LogP contribution < -0.4 is 0 Å². The van der Waals surface area contributed by atoms with Gasteiger partial charge in [-0.15, -0.1) is 0 Å². The summed E-state index contributed by atoms with van der Waals surface area (Å²) in [5, 5.41) is 7.52. The van der Waals surface area contributed by atoms with Crippen molar-refractivity contribution in [2.45, 2.75) is 0 Å². The average molecular weight is 726 g/mol. The van der Waals surface area contributed by atoms with E-state index in [0.29, 0.717) is 0 Å². The zero-order valence-corrected chi connectivity index (χ0v) is 31.0. The summed E-state index contributed by atoms with van der Waals surface area (Å²) in [5.74, 6) is 0. The molecule has 0 fully saturated rings. The summed E-state index contributed by atoms with van der Waals surface area (Å²) in [6.07, 6.45) is 0. The molecule has 0 saturated carbocycles. The maximum atomic E-state index is 2.52. The van der Waals surface area contributed by atoms with Gasteiger partial charge in [0.1, 0.15) is 0 Å². The minimum atomic E-state index is 1.15. The van der Waals surface area contributed by atoms with E-state index in [2.05, 4.69) is 226 Å². The first-order valence-electron chi connectivity index (χ1n) is 19.6. The Morgan fingerprint density at radius 1 is 0.246 bits per heavy atom. The van der Waals surface area contributed by atoms with Crippen LogP contribution in [0.4, 0.5) is 0 Å². The number of aromatic nitrogens is 3. The lowest BCUT2D eigenvalue weighted by Crippen LogP contribution is -1.98. The third kappa shape index (κ3) is 4.66. The van der Waals surface area contributed by atoms with Crippen LogP contribution in [0.3, 0.4) is 0 Å². The van der Waals surface area contributed by atoms with Crippen molar-refractivity contribution in [3.05, 3.63) is 212 Å². The standard InChI is InChI=1S/C54H35N3/c1-4-17-36(18-5-1)37-31-32-44-51(35-37)57(50-34-33-49-53(54(44)50)43-25-12-15-29-47(43)56(49)39-21-8-3-9-22-39)45-27-13-10-23-40(45)41-26-16-30-48-52(41)42-24-11-14-28-46(42)55(48)38-19-6-2-7-20-38/h1-35H. The van der Waals surface area contributed by atoms with Crippen LogP contribution in [0.1, 0.15) is 0 Å². The van der Waals surface area contributed by atoms with Crippen LogP contribution in [0.15, 0.2) is 212 Å². The number of hydrogen-bond acceptors (Lipinski definition) is 0. The molecule has 3 heterocycles. The third-order valence-corrected chi connectivity index (χ3v) is 11.8. The summed E-state index contributed by atoms with van der Waals surface area (Å²) in [7, 11) is 0. The molecule has 0 amide bonds. The molecule has 0 aliphatic heterocycles. The Labute approximate surface area is 329 Å². The van der Waals surface area contributed by atoms with E-state index < -0.39 is 0 Å². The Hall–Kier alpha value is -7.62. The highest BCUT2D eigenvalue weighted by Gasteiger charge is 2.23. The van der Waals surface area contributed by atoms with Crippen molar-refractivity contribution in [3.8, 4) is 39.3 Å². The Bertz CT molecular complexity index is 3500. The molecule has 0 saturated heterocycles. The van der Waals surface area contributed by atoms with E-state index in [-0.39, 0.29) is 0 Å². The summed E-state index contributed by atoms with van der Waals surface area (Å²) in [4.78, 5) is 0. The van der Waals surface area contributed by atoms with Gasteiger partial charge in [-0.05, 0) is 83.4 Å². The van der Waals surface area contributed by atoms with E-state index in [1.54, 1.807) is 0 Å². The molecule has 0 aliphatic carbocycles. The lowest BCUT2D eigenvalue weighted by molar-refractivity contribution is 1.17. The van der Waals surface area contributed by atoms with E-state index >= 15 is 0 Å². The van der Waals surface area contributed by atoms with E-state index in [9.17, 15) is 0 Å². The van der Waals surface area contributed by atoms with Crippen molar-refractivity contribution in [1.29, 1.82) is 0 Å². The van der Waals surface area contributed by atoms with Gasteiger partial charge < -0.3 is 13.7 Å². The van der Waals surface area contributed by atoms with Gasteiger partial charge in [-0.1, -0.05) is 146 Å².